The normalized spacial score (nSPS) is 17.8. The predicted molar refractivity (Wildman–Crippen MR) is 131 cm³/mol. The van der Waals surface area contributed by atoms with Gasteiger partial charge < -0.3 is 19.3 Å². The summed E-state index contributed by atoms with van der Waals surface area (Å²) >= 11 is 0. The Morgan fingerprint density at radius 2 is 1.89 bits per heavy atom. The summed E-state index contributed by atoms with van der Waals surface area (Å²) in [5, 5.41) is 9.14. The lowest BCUT2D eigenvalue weighted by Gasteiger charge is -2.14. The molecule has 1 aromatic heterocycles. The Morgan fingerprint density at radius 1 is 1.08 bits per heavy atom. The van der Waals surface area contributed by atoms with Crippen LogP contribution in [-0.2, 0) is 11.2 Å². The van der Waals surface area contributed by atoms with Gasteiger partial charge in [-0.1, -0.05) is 24.3 Å². The zero-order chi connectivity index (χ0) is 25.7. The molecule has 0 aliphatic carbocycles. The maximum absolute atomic E-state index is 14.2. The molecule has 2 aliphatic heterocycles. The fraction of sp³-hybridized carbons (Fsp3) is 0.286. The Morgan fingerprint density at radius 3 is 2.70 bits per heavy atom. The number of rotatable bonds is 7. The average molecular weight is 507 g/mol. The number of hydrogen-bond acceptors (Lipinski definition) is 5. The largest absolute Gasteiger partial charge is 0.493 e. The number of fused-ring (bicyclic) bond motifs is 3. The van der Waals surface area contributed by atoms with E-state index in [1.807, 2.05) is 43.3 Å². The van der Waals surface area contributed by atoms with E-state index < -0.39 is 17.6 Å². The number of carboxylic acids is 1. The van der Waals surface area contributed by atoms with Gasteiger partial charge in [0.15, 0.2) is 11.6 Å². The minimum Gasteiger partial charge on any atom is -0.493 e. The number of aliphatic carboxylic acids is 1. The number of aromatic nitrogens is 2. The van der Waals surface area contributed by atoms with Crippen molar-refractivity contribution in [3.63, 3.8) is 0 Å². The Kier molecular flexibility index (Phi) is 5.70. The van der Waals surface area contributed by atoms with Gasteiger partial charge in [0.05, 0.1) is 43.0 Å². The van der Waals surface area contributed by atoms with Crippen LogP contribution in [0, 0.1) is 11.6 Å². The highest BCUT2D eigenvalue weighted by Crippen LogP contribution is 2.43. The topological polar surface area (TPSA) is 82.8 Å². The summed E-state index contributed by atoms with van der Waals surface area (Å²) in [5.74, 6) is -1.47. The highest BCUT2D eigenvalue weighted by atomic mass is 19.2. The first kappa shape index (κ1) is 23.3. The number of halogens is 2. The molecule has 9 heteroatoms. The number of hydrogen-bond donors (Lipinski definition) is 1. The fourth-order valence-electron chi connectivity index (χ4n) is 5.26. The molecule has 0 spiro atoms. The van der Waals surface area contributed by atoms with Crippen molar-refractivity contribution < 1.29 is 32.9 Å². The minimum atomic E-state index is -0.970. The van der Waals surface area contributed by atoms with Gasteiger partial charge in [-0.05, 0) is 31.0 Å². The average Bonchev–Trinajstić information content (AvgIpc) is 3.55. The molecule has 2 aliphatic rings. The molecule has 7 nitrogen and oxygen atoms in total. The van der Waals surface area contributed by atoms with Gasteiger partial charge in [0.2, 0.25) is 0 Å². The van der Waals surface area contributed by atoms with Crippen molar-refractivity contribution in [2.75, 3.05) is 19.8 Å². The first-order valence-corrected chi connectivity index (χ1v) is 12.2. The third-order valence-corrected chi connectivity index (χ3v) is 6.93. The molecule has 3 aromatic carbocycles. The maximum Gasteiger partial charge on any atom is 0.304 e. The Labute approximate surface area is 211 Å². The molecule has 6 rings (SSSR count). The van der Waals surface area contributed by atoms with E-state index in [1.165, 1.54) is 0 Å². The summed E-state index contributed by atoms with van der Waals surface area (Å²) in [5.41, 5.74) is 4.29. The van der Waals surface area contributed by atoms with Crippen LogP contribution in [-0.4, -0.2) is 40.4 Å². The van der Waals surface area contributed by atoms with Gasteiger partial charge in [-0.2, -0.15) is 4.98 Å². The van der Waals surface area contributed by atoms with Gasteiger partial charge in [-0.15, -0.1) is 0 Å². The monoisotopic (exact) mass is 506 g/mol. The summed E-state index contributed by atoms with van der Waals surface area (Å²) in [6.45, 7) is 2.97. The quantitative estimate of drug-likeness (QED) is 0.363. The lowest BCUT2D eigenvalue weighted by Crippen LogP contribution is -2.07. The van der Waals surface area contributed by atoms with E-state index >= 15 is 0 Å². The molecular formula is C28H24F2N2O5. The molecule has 4 aromatic rings. The highest BCUT2D eigenvalue weighted by Gasteiger charge is 2.31. The second-order valence-corrected chi connectivity index (χ2v) is 9.30. The molecule has 0 bridgehead atoms. The summed E-state index contributed by atoms with van der Waals surface area (Å²) < 4.78 is 47.4. The Hall–Kier alpha value is -4.14. The van der Waals surface area contributed by atoms with Crippen molar-refractivity contribution in [2.24, 2.45) is 0 Å². The SMILES string of the molecule is CCOc1nc2cc(F)c(F)cc2n1-c1cccc2c1OC[C@H]2Cc1ccc2c(c1)OC[C@H]2CC(=O)O. The van der Waals surface area contributed by atoms with E-state index in [2.05, 4.69) is 4.98 Å². The second-order valence-electron chi connectivity index (χ2n) is 9.30. The van der Waals surface area contributed by atoms with Crippen LogP contribution in [0.2, 0.25) is 0 Å². The number of ether oxygens (including phenoxy) is 3. The molecule has 37 heavy (non-hydrogen) atoms. The third-order valence-electron chi connectivity index (χ3n) is 6.93. The number of carbonyl (C=O) groups is 1. The molecule has 0 unspecified atom stereocenters. The number of imidazole rings is 1. The standard InChI is InChI=1S/C28H24F2N2O5/c1-2-35-28-31-22-11-20(29)21(30)12-24(22)32(28)23-5-3-4-19-16(14-37-27(19)23)8-15-6-7-18-17(10-26(33)34)13-36-25(18)9-15/h3-7,9,11-12,16-17H,2,8,10,13-14H2,1H3,(H,33,34)/t16-,17-/m1/s1. The first-order valence-electron chi connectivity index (χ1n) is 12.2. The fourth-order valence-corrected chi connectivity index (χ4v) is 5.26. The van der Waals surface area contributed by atoms with E-state index in [0.717, 1.165) is 34.6 Å². The Bertz CT molecular complexity index is 1530. The van der Waals surface area contributed by atoms with Crippen molar-refractivity contribution in [1.29, 1.82) is 0 Å². The molecule has 0 fully saturated rings. The van der Waals surface area contributed by atoms with Crippen LogP contribution in [0.4, 0.5) is 8.78 Å². The number of nitrogens with zero attached hydrogens (tertiary/aromatic N) is 2. The van der Waals surface area contributed by atoms with E-state index in [4.69, 9.17) is 19.3 Å². The van der Waals surface area contributed by atoms with Crippen molar-refractivity contribution in [2.45, 2.75) is 31.6 Å². The van der Waals surface area contributed by atoms with Gasteiger partial charge in [-0.25, -0.2) is 8.78 Å². The van der Waals surface area contributed by atoms with Crippen molar-refractivity contribution in [1.82, 2.24) is 9.55 Å². The summed E-state index contributed by atoms with van der Waals surface area (Å²) in [4.78, 5) is 15.5. The first-order chi connectivity index (χ1) is 17.9. The molecule has 0 radical (unpaired) electrons. The summed E-state index contributed by atoms with van der Waals surface area (Å²) in [6, 6.07) is 14.1. The number of carboxylic acid groups (broad SMARTS) is 1. The van der Waals surface area contributed by atoms with Gasteiger partial charge >= 0.3 is 12.0 Å². The lowest BCUT2D eigenvalue weighted by molar-refractivity contribution is -0.137. The molecule has 0 saturated carbocycles. The Balaban J connectivity index is 1.34. The van der Waals surface area contributed by atoms with Gasteiger partial charge in [0, 0.05) is 35.1 Å². The highest BCUT2D eigenvalue weighted by molar-refractivity contribution is 5.80. The van der Waals surface area contributed by atoms with E-state index in [0.29, 0.717) is 43.2 Å². The molecule has 3 heterocycles. The molecule has 0 amide bonds. The zero-order valence-electron chi connectivity index (χ0n) is 20.0. The summed E-state index contributed by atoms with van der Waals surface area (Å²) in [7, 11) is 0. The summed E-state index contributed by atoms with van der Waals surface area (Å²) in [6.07, 6.45) is 0.738. The zero-order valence-corrected chi connectivity index (χ0v) is 20.0. The number of benzene rings is 3. The van der Waals surface area contributed by atoms with Crippen LogP contribution in [0.25, 0.3) is 16.7 Å². The van der Waals surface area contributed by atoms with Crippen molar-refractivity contribution in [3.8, 4) is 23.2 Å². The van der Waals surface area contributed by atoms with Crippen LogP contribution < -0.4 is 14.2 Å². The number of para-hydroxylation sites is 1. The molecule has 1 N–H and O–H groups in total. The van der Waals surface area contributed by atoms with E-state index in [1.54, 1.807) is 4.57 Å². The van der Waals surface area contributed by atoms with Crippen LogP contribution in [0.1, 0.15) is 41.9 Å². The smallest absolute Gasteiger partial charge is 0.304 e. The van der Waals surface area contributed by atoms with Gasteiger partial charge in [0.1, 0.15) is 11.5 Å². The molecule has 190 valence electrons. The molecule has 2 atom stereocenters. The van der Waals surface area contributed by atoms with Gasteiger partial charge in [-0.3, -0.25) is 9.36 Å². The van der Waals surface area contributed by atoms with E-state index in [-0.39, 0.29) is 29.8 Å². The lowest BCUT2D eigenvalue weighted by atomic mass is 9.91. The van der Waals surface area contributed by atoms with Crippen molar-refractivity contribution in [3.05, 3.63) is 76.9 Å². The van der Waals surface area contributed by atoms with Crippen LogP contribution in [0.3, 0.4) is 0 Å². The minimum absolute atomic E-state index is 0.0438. The second kappa shape index (κ2) is 9.06. The van der Waals surface area contributed by atoms with E-state index in [9.17, 15) is 13.6 Å². The third kappa shape index (κ3) is 4.04. The van der Waals surface area contributed by atoms with Crippen LogP contribution >= 0.6 is 0 Å². The van der Waals surface area contributed by atoms with Crippen molar-refractivity contribution >= 4 is 17.0 Å². The van der Waals surface area contributed by atoms with Gasteiger partial charge in [0.25, 0.3) is 0 Å². The molecular weight excluding hydrogens is 482 g/mol. The maximum atomic E-state index is 14.2. The van der Waals surface area contributed by atoms with Crippen LogP contribution in [0.15, 0.2) is 48.5 Å². The van der Waals surface area contributed by atoms with Crippen LogP contribution in [0.5, 0.6) is 17.5 Å². The predicted octanol–water partition coefficient (Wildman–Crippen LogP) is 5.37. The molecule has 0 saturated heterocycles.